The Hall–Kier alpha value is -0.720. The van der Waals surface area contributed by atoms with Gasteiger partial charge in [-0.15, -0.1) is 0 Å². The number of esters is 1. The molecule has 7 nitrogen and oxygen atoms in total. The molecule has 1 atom stereocenters. The molecule has 0 aromatic carbocycles. The minimum Gasteiger partial charge on any atom is -0.463 e. The normalized spacial score (nSPS) is 13.0. The first-order valence-electron chi connectivity index (χ1n) is 5.97. The molecule has 2 N–H and O–H groups in total. The Kier molecular flexibility index (Phi) is 9.73. The largest absolute Gasteiger partial charge is 0.463 e. The van der Waals surface area contributed by atoms with Crippen LogP contribution in [0.25, 0.3) is 0 Å². The lowest BCUT2D eigenvalue weighted by Gasteiger charge is -2.12. The molecule has 0 saturated carbocycles. The molecule has 0 heterocycles. The van der Waals surface area contributed by atoms with Crippen LogP contribution < -0.4 is 0 Å². The van der Waals surface area contributed by atoms with Crippen molar-refractivity contribution in [2.24, 2.45) is 0 Å². The topological polar surface area (TPSA) is 102 Å². The highest BCUT2D eigenvalue weighted by atomic mass is 31.2. The van der Waals surface area contributed by atoms with Crippen LogP contribution in [0.3, 0.4) is 0 Å². The fourth-order valence-electron chi connectivity index (χ4n) is 1.13. The van der Waals surface area contributed by atoms with E-state index < -0.39 is 13.6 Å². The first-order valence-corrected chi connectivity index (χ1v) is 7.77. The number of carbonyl (C=O) groups is 1. The van der Waals surface area contributed by atoms with Gasteiger partial charge in [-0.3, -0.25) is 4.57 Å². The zero-order chi connectivity index (χ0) is 14.7. The van der Waals surface area contributed by atoms with Crippen molar-refractivity contribution in [2.75, 3.05) is 19.4 Å². The van der Waals surface area contributed by atoms with E-state index in [0.29, 0.717) is 19.4 Å². The first-order chi connectivity index (χ1) is 8.85. The molecule has 8 heteroatoms. The molecular weight excluding hydrogens is 275 g/mol. The van der Waals surface area contributed by atoms with Gasteiger partial charge in [0, 0.05) is 6.08 Å². The summed E-state index contributed by atoms with van der Waals surface area (Å²) in [5.41, 5.74) is 0. The molecule has 0 aliphatic heterocycles. The van der Waals surface area contributed by atoms with Crippen molar-refractivity contribution >= 4 is 13.6 Å². The predicted molar refractivity (Wildman–Crippen MR) is 68.4 cm³/mol. The van der Waals surface area contributed by atoms with Crippen molar-refractivity contribution in [2.45, 2.75) is 32.3 Å². The van der Waals surface area contributed by atoms with Crippen LogP contribution in [0.1, 0.15) is 26.2 Å². The van der Waals surface area contributed by atoms with Crippen molar-refractivity contribution in [3.63, 3.8) is 0 Å². The molecule has 0 aliphatic carbocycles. The Morgan fingerprint density at radius 1 is 1.37 bits per heavy atom. The van der Waals surface area contributed by atoms with Crippen LogP contribution in [0, 0.1) is 0 Å². The quantitative estimate of drug-likeness (QED) is 0.148. The van der Waals surface area contributed by atoms with Crippen molar-refractivity contribution < 1.29 is 33.7 Å². The third-order valence-corrected chi connectivity index (χ3v) is 2.88. The van der Waals surface area contributed by atoms with Crippen LogP contribution in [0.4, 0.5) is 0 Å². The SMILES string of the molecule is C=CC(=O)OCCCCC(C)OOCCP(=O)(O)O. The third kappa shape index (κ3) is 13.5. The maximum absolute atomic E-state index is 10.7. The van der Waals surface area contributed by atoms with Crippen LogP contribution >= 0.6 is 7.60 Å². The Labute approximate surface area is 112 Å². The third-order valence-electron chi connectivity index (χ3n) is 2.11. The van der Waals surface area contributed by atoms with Crippen molar-refractivity contribution in [3.8, 4) is 0 Å². The summed E-state index contributed by atoms with van der Waals surface area (Å²) in [7, 11) is -4.03. The lowest BCUT2D eigenvalue weighted by Crippen LogP contribution is -2.11. The molecule has 0 saturated heterocycles. The Balaban J connectivity index is 3.39. The zero-order valence-electron chi connectivity index (χ0n) is 11.0. The van der Waals surface area contributed by atoms with Crippen molar-refractivity contribution in [1.29, 1.82) is 0 Å². The van der Waals surface area contributed by atoms with Crippen LogP contribution in [-0.2, 0) is 23.9 Å². The Morgan fingerprint density at radius 3 is 2.63 bits per heavy atom. The van der Waals surface area contributed by atoms with E-state index in [1.165, 1.54) is 0 Å². The van der Waals surface area contributed by atoms with Gasteiger partial charge in [-0.2, -0.15) is 0 Å². The fourth-order valence-corrected chi connectivity index (χ4v) is 1.45. The molecule has 0 spiro atoms. The van der Waals surface area contributed by atoms with Gasteiger partial charge in [-0.1, -0.05) is 6.58 Å². The first kappa shape index (κ1) is 18.3. The minimum absolute atomic E-state index is 0.147. The summed E-state index contributed by atoms with van der Waals surface area (Å²) in [6, 6.07) is 0. The molecular formula is C11H21O7P. The summed E-state index contributed by atoms with van der Waals surface area (Å²) >= 11 is 0. The van der Waals surface area contributed by atoms with Gasteiger partial charge in [-0.25, -0.2) is 14.6 Å². The van der Waals surface area contributed by atoms with Gasteiger partial charge in [0.25, 0.3) is 0 Å². The van der Waals surface area contributed by atoms with Crippen LogP contribution in [0.5, 0.6) is 0 Å². The van der Waals surface area contributed by atoms with Crippen LogP contribution in [0.15, 0.2) is 12.7 Å². The second kappa shape index (κ2) is 10.1. The highest BCUT2D eigenvalue weighted by Gasteiger charge is 2.13. The van der Waals surface area contributed by atoms with E-state index >= 15 is 0 Å². The molecule has 0 aliphatic rings. The van der Waals surface area contributed by atoms with Gasteiger partial charge in [-0.05, 0) is 26.2 Å². The Bertz CT molecular complexity index is 312. The lowest BCUT2D eigenvalue weighted by atomic mass is 10.2. The molecule has 0 bridgehead atoms. The fraction of sp³-hybridized carbons (Fsp3) is 0.727. The van der Waals surface area contributed by atoms with E-state index in [4.69, 9.17) is 24.3 Å². The predicted octanol–water partition coefficient (Wildman–Crippen LogP) is 1.40. The minimum atomic E-state index is -4.03. The van der Waals surface area contributed by atoms with E-state index in [1.54, 1.807) is 6.92 Å². The van der Waals surface area contributed by atoms with E-state index in [2.05, 4.69) is 6.58 Å². The molecule has 0 aromatic heterocycles. The zero-order valence-corrected chi connectivity index (χ0v) is 11.9. The summed E-state index contributed by atoms with van der Waals surface area (Å²) in [5.74, 6) is -0.440. The maximum Gasteiger partial charge on any atom is 0.330 e. The van der Waals surface area contributed by atoms with Gasteiger partial charge in [0.15, 0.2) is 0 Å². The van der Waals surface area contributed by atoms with Crippen LogP contribution in [0.2, 0.25) is 0 Å². The molecule has 0 aromatic rings. The van der Waals surface area contributed by atoms with E-state index in [9.17, 15) is 9.36 Å². The maximum atomic E-state index is 10.7. The van der Waals surface area contributed by atoms with Gasteiger partial charge in [0.05, 0.1) is 25.5 Å². The van der Waals surface area contributed by atoms with Gasteiger partial charge in [0.2, 0.25) is 0 Å². The molecule has 19 heavy (non-hydrogen) atoms. The second-order valence-electron chi connectivity index (χ2n) is 3.98. The van der Waals surface area contributed by atoms with Crippen molar-refractivity contribution in [1.82, 2.24) is 0 Å². The number of hydrogen-bond donors (Lipinski definition) is 2. The number of carbonyl (C=O) groups excluding carboxylic acids is 1. The van der Waals surface area contributed by atoms with E-state index in [-0.39, 0.29) is 18.9 Å². The summed E-state index contributed by atoms with van der Waals surface area (Å²) in [6.45, 7) is 5.25. The van der Waals surface area contributed by atoms with E-state index in [0.717, 1.165) is 12.5 Å². The monoisotopic (exact) mass is 296 g/mol. The standard InChI is InChI=1S/C11H21O7P/c1-3-11(12)16-7-5-4-6-10(2)18-17-8-9-19(13,14)15/h3,10H,1,4-9H2,2H3,(H2,13,14,15). The summed E-state index contributed by atoms with van der Waals surface area (Å²) in [6.07, 6.45) is 2.75. The lowest BCUT2D eigenvalue weighted by molar-refractivity contribution is -0.318. The van der Waals surface area contributed by atoms with Gasteiger partial charge in [0.1, 0.15) is 0 Å². The van der Waals surface area contributed by atoms with E-state index in [1.807, 2.05) is 0 Å². The average Bonchev–Trinajstić information content (AvgIpc) is 2.32. The summed E-state index contributed by atoms with van der Waals surface area (Å²) in [4.78, 5) is 37.5. The number of rotatable bonds is 11. The molecule has 0 rings (SSSR count). The molecule has 1 unspecified atom stereocenters. The molecule has 0 fully saturated rings. The smallest absolute Gasteiger partial charge is 0.330 e. The summed E-state index contributed by atoms with van der Waals surface area (Å²) in [5, 5.41) is 0. The highest BCUT2D eigenvalue weighted by Crippen LogP contribution is 2.33. The number of unbranched alkanes of at least 4 members (excludes halogenated alkanes) is 1. The van der Waals surface area contributed by atoms with Crippen molar-refractivity contribution in [3.05, 3.63) is 12.7 Å². The molecule has 112 valence electrons. The van der Waals surface area contributed by atoms with Crippen LogP contribution in [-0.4, -0.2) is 41.2 Å². The van der Waals surface area contributed by atoms with Gasteiger partial charge >= 0.3 is 13.6 Å². The molecule has 0 radical (unpaired) electrons. The summed E-state index contributed by atoms with van der Waals surface area (Å²) < 4.78 is 15.3. The number of ether oxygens (including phenoxy) is 1. The number of hydrogen-bond acceptors (Lipinski definition) is 5. The molecule has 0 amide bonds. The van der Waals surface area contributed by atoms with Gasteiger partial charge < -0.3 is 14.5 Å². The Morgan fingerprint density at radius 2 is 2.05 bits per heavy atom. The second-order valence-corrected chi connectivity index (χ2v) is 5.76. The average molecular weight is 296 g/mol. The highest BCUT2D eigenvalue weighted by molar-refractivity contribution is 7.51.